The Morgan fingerprint density at radius 1 is 1.37 bits per heavy atom. The second-order valence-electron chi connectivity index (χ2n) is 5.99. The summed E-state index contributed by atoms with van der Waals surface area (Å²) in [5.41, 5.74) is 2.37. The number of esters is 1. The number of anilines is 1. The number of nitrogens with one attached hydrogen (secondary N) is 1. The molecular weight excluding hydrogens is 368 g/mol. The van der Waals surface area contributed by atoms with Crippen molar-refractivity contribution in [3.05, 3.63) is 46.2 Å². The molecule has 0 spiro atoms. The maximum atomic E-state index is 12.6. The van der Waals surface area contributed by atoms with E-state index in [-0.39, 0.29) is 18.7 Å². The molecule has 0 radical (unpaired) electrons. The lowest BCUT2D eigenvalue weighted by atomic mass is 10.2. The molecule has 1 aromatic heterocycles. The summed E-state index contributed by atoms with van der Waals surface area (Å²) in [5.74, 6) is -1.10. The molecule has 1 heterocycles. The van der Waals surface area contributed by atoms with Crippen molar-refractivity contribution in [2.24, 2.45) is 0 Å². The summed E-state index contributed by atoms with van der Waals surface area (Å²) in [7, 11) is 0. The smallest absolute Gasteiger partial charge is 0.359 e. The lowest BCUT2D eigenvalue weighted by Gasteiger charge is -2.22. The van der Waals surface area contributed by atoms with E-state index in [9.17, 15) is 9.59 Å². The number of amides is 1. The van der Waals surface area contributed by atoms with Crippen molar-refractivity contribution < 1.29 is 14.3 Å². The number of aromatic amines is 1. The zero-order chi connectivity index (χ0) is 19.8. The first-order chi connectivity index (χ1) is 13.0. The van der Waals surface area contributed by atoms with Crippen LogP contribution in [0.1, 0.15) is 41.5 Å². The number of benzene rings is 1. The summed E-state index contributed by atoms with van der Waals surface area (Å²) in [6, 6.07) is 8.76. The number of hydrogen-bond donors (Lipinski definition) is 1. The number of nitriles is 1. The number of carbonyl (C=O) groups excluding carboxylic acids is 2. The number of H-pyrrole nitrogens is 1. The van der Waals surface area contributed by atoms with Gasteiger partial charge in [0.15, 0.2) is 12.3 Å². The quantitative estimate of drug-likeness (QED) is 0.698. The summed E-state index contributed by atoms with van der Waals surface area (Å²) in [6.45, 7) is 3.59. The molecule has 0 atom stereocenters. The van der Waals surface area contributed by atoms with Crippen LogP contribution in [0.15, 0.2) is 24.3 Å². The van der Waals surface area contributed by atoms with Crippen molar-refractivity contribution in [2.75, 3.05) is 18.1 Å². The lowest BCUT2D eigenvalue weighted by molar-refractivity contribution is -0.121. The van der Waals surface area contributed by atoms with Crippen molar-refractivity contribution in [1.82, 2.24) is 10.2 Å². The second kappa shape index (κ2) is 9.74. The maximum absolute atomic E-state index is 12.6. The summed E-state index contributed by atoms with van der Waals surface area (Å²) in [5, 5.41) is 16.1. The monoisotopic (exact) mass is 388 g/mol. The molecule has 0 aliphatic heterocycles. The van der Waals surface area contributed by atoms with Crippen LogP contribution in [0, 0.1) is 18.3 Å². The third-order valence-corrected chi connectivity index (χ3v) is 4.31. The Morgan fingerprint density at radius 3 is 2.81 bits per heavy atom. The fourth-order valence-electron chi connectivity index (χ4n) is 2.50. The second-order valence-corrected chi connectivity index (χ2v) is 6.40. The normalized spacial score (nSPS) is 10.3. The average molecular weight is 389 g/mol. The van der Waals surface area contributed by atoms with E-state index in [1.807, 2.05) is 19.9 Å². The van der Waals surface area contributed by atoms with Gasteiger partial charge >= 0.3 is 5.97 Å². The Labute approximate surface area is 162 Å². The molecule has 8 heteroatoms. The van der Waals surface area contributed by atoms with Crippen molar-refractivity contribution in [2.45, 2.75) is 33.1 Å². The molecule has 0 bridgehead atoms. The molecule has 2 rings (SSSR count). The molecular formula is C19H21ClN4O3. The molecule has 0 saturated carbocycles. The molecule has 0 aliphatic carbocycles. The number of aromatic nitrogens is 2. The molecule has 1 aromatic carbocycles. The van der Waals surface area contributed by atoms with Crippen LogP contribution in [-0.4, -0.2) is 35.2 Å². The molecule has 0 aliphatic rings. The van der Waals surface area contributed by atoms with Crippen molar-refractivity contribution >= 4 is 29.2 Å². The van der Waals surface area contributed by atoms with Gasteiger partial charge < -0.3 is 9.64 Å². The molecule has 27 heavy (non-hydrogen) atoms. The number of ether oxygens (including phenoxy) is 1. The number of aryl methyl sites for hydroxylation is 2. The number of hydrogen-bond acceptors (Lipinski definition) is 5. The fraction of sp³-hybridized carbons (Fsp3) is 0.368. The maximum Gasteiger partial charge on any atom is 0.359 e. The molecule has 1 N–H and O–H groups in total. The number of halogens is 1. The van der Waals surface area contributed by atoms with Gasteiger partial charge in [-0.1, -0.05) is 24.9 Å². The van der Waals surface area contributed by atoms with Crippen LogP contribution in [-0.2, 0) is 16.0 Å². The molecule has 1 amide bonds. The predicted molar refractivity (Wildman–Crippen MR) is 102 cm³/mol. The minimum absolute atomic E-state index is 0.136. The minimum Gasteiger partial charge on any atom is -0.451 e. The third-order valence-electron chi connectivity index (χ3n) is 3.89. The summed E-state index contributed by atoms with van der Waals surface area (Å²) in [6.07, 6.45) is 1.85. The SMILES string of the molecule is CCCc1cc(C(=O)OCC(=O)N(CCC#N)c2ccc(Cl)c(C)c2)n[nH]1. The van der Waals surface area contributed by atoms with Crippen molar-refractivity contribution in [1.29, 1.82) is 5.26 Å². The minimum atomic E-state index is -0.672. The number of carbonyl (C=O) groups is 2. The van der Waals surface area contributed by atoms with Crippen LogP contribution < -0.4 is 4.90 Å². The van der Waals surface area contributed by atoms with E-state index in [0.29, 0.717) is 10.7 Å². The lowest BCUT2D eigenvalue weighted by Crippen LogP contribution is -2.35. The fourth-order valence-corrected chi connectivity index (χ4v) is 2.62. The Morgan fingerprint density at radius 2 is 2.15 bits per heavy atom. The molecule has 0 saturated heterocycles. The zero-order valence-corrected chi connectivity index (χ0v) is 16.0. The van der Waals surface area contributed by atoms with Crippen molar-refractivity contribution in [3.8, 4) is 6.07 Å². The topological polar surface area (TPSA) is 99.1 Å². The summed E-state index contributed by atoms with van der Waals surface area (Å²) >= 11 is 6.03. The molecule has 7 nitrogen and oxygen atoms in total. The first kappa shape index (κ1) is 20.5. The largest absolute Gasteiger partial charge is 0.451 e. The molecule has 142 valence electrons. The standard InChI is InChI=1S/C19H21ClN4O3/c1-3-5-14-11-17(23-22-14)19(26)27-12-18(25)24(9-4-8-21)15-6-7-16(20)13(2)10-15/h6-7,10-11H,3-5,9,12H2,1-2H3,(H,22,23). The summed E-state index contributed by atoms with van der Waals surface area (Å²) in [4.78, 5) is 26.1. The van der Waals surface area contributed by atoms with Gasteiger partial charge in [0.25, 0.3) is 5.91 Å². The van der Waals surface area contributed by atoms with E-state index < -0.39 is 18.5 Å². The van der Waals surface area contributed by atoms with Crippen molar-refractivity contribution in [3.63, 3.8) is 0 Å². The first-order valence-corrected chi connectivity index (χ1v) is 8.99. The Balaban J connectivity index is 2.05. The van der Waals surface area contributed by atoms with Gasteiger partial charge in [-0.3, -0.25) is 9.89 Å². The highest BCUT2D eigenvalue weighted by Crippen LogP contribution is 2.23. The number of rotatable bonds is 8. The molecule has 2 aromatic rings. The highest BCUT2D eigenvalue weighted by molar-refractivity contribution is 6.31. The van der Waals surface area contributed by atoms with E-state index >= 15 is 0 Å². The van der Waals surface area contributed by atoms with Gasteiger partial charge in [-0.2, -0.15) is 10.4 Å². The van der Waals surface area contributed by atoms with Gasteiger partial charge in [0.1, 0.15) is 0 Å². The highest BCUT2D eigenvalue weighted by Gasteiger charge is 2.20. The van der Waals surface area contributed by atoms with Crippen LogP contribution in [0.4, 0.5) is 5.69 Å². The van der Waals surface area contributed by atoms with Gasteiger partial charge in [0.05, 0.1) is 12.5 Å². The van der Waals surface area contributed by atoms with Gasteiger partial charge in [-0.15, -0.1) is 0 Å². The highest BCUT2D eigenvalue weighted by atomic mass is 35.5. The zero-order valence-electron chi connectivity index (χ0n) is 15.3. The van der Waals surface area contributed by atoms with Gasteiger partial charge in [0.2, 0.25) is 0 Å². The third kappa shape index (κ3) is 5.56. The summed E-state index contributed by atoms with van der Waals surface area (Å²) < 4.78 is 5.10. The molecule has 0 unspecified atom stereocenters. The van der Waals surface area contributed by atoms with Crippen LogP contribution in [0.3, 0.4) is 0 Å². The van der Waals surface area contributed by atoms with Gasteiger partial charge in [0, 0.05) is 22.9 Å². The Bertz CT molecular complexity index is 857. The van der Waals surface area contributed by atoms with Crippen LogP contribution in [0.5, 0.6) is 0 Å². The Kier molecular flexibility index (Phi) is 7.38. The predicted octanol–water partition coefficient (Wildman–Crippen LogP) is 3.43. The number of nitrogens with zero attached hydrogens (tertiary/aromatic N) is 3. The van der Waals surface area contributed by atoms with Crippen LogP contribution in [0.2, 0.25) is 5.02 Å². The van der Waals surface area contributed by atoms with Gasteiger partial charge in [-0.05, 0) is 43.2 Å². The van der Waals surface area contributed by atoms with Gasteiger partial charge in [-0.25, -0.2) is 4.79 Å². The molecule has 0 fully saturated rings. The van der Waals surface area contributed by atoms with E-state index in [4.69, 9.17) is 21.6 Å². The van der Waals surface area contributed by atoms with Crippen LogP contribution in [0.25, 0.3) is 0 Å². The first-order valence-electron chi connectivity index (χ1n) is 8.61. The van der Waals surface area contributed by atoms with Crippen LogP contribution >= 0.6 is 11.6 Å². The van der Waals surface area contributed by atoms with E-state index in [1.165, 1.54) is 4.90 Å². The Hall–Kier alpha value is -2.85. The van der Waals surface area contributed by atoms with E-state index in [0.717, 1.165) is 24.1 Å². The average Bonchev–Trinajstić information content (AvgIpc) is 3.12. The van der Waals surface area contributed by atoms with E-state index in [1.54, 1.807) is 24.3 Å². The van der Waals surface area contributed by atoms with E-state index in [2.05, 4.69) is 10.2 Å².